The summed E-state index contributed by atoms with van der Waals surface area (Å²) in [6.45, 7) is 0.860. The molecule has 0 saturated carbocycles. The standard InChI is InChI=1S/C14H13F3N2O5/c1-6(20)9-10(7-2-4-8(5-3-7)11(21)22)18-12(23)19-13(9,24)14(15,16)17/h2-5,9-10,24H,1H3,(H,21,22)(H2,18,19,23)/t9-,10+,13+/m0/s1. The van der Waals surface area contributed by atoms with Crippen LogP contribution in [0.15, 0.2) is 24.3 Å². The molecule has 0 unspecified atom stereocenters. The summed E-state index contributed by atoms with van der Waals surface area (Å²) in [5.41, 5.74) is -3.81. The highest BCUT2D eigenvalue weighted by Crippen LogP contribution is 2.42. The number of urea groups is 1. The molecular weight excluding hydrogens is 333 g/mol. The summed E-state index contributed by atoms with van der Waals surface area (Å²) >= 11 is 0. The molecule has 3 atom stereocenters. The van der Waals surface area contributed by atoms with Crippen LogP contribution < -0.4 is 10.6 Å². The highest BCUT2D eigenvalue weighted by molar-refractivity contribution is 5.88. The Balaban J connectivity index is 2.52. The van der Waals surface area contributed by atoms with E-state index < -0.39 is 41.6 Å². The monoisotopic (exact) mass is 346 g/mol. The van der Waals surface area contributed by atoms with E-state index in [1.54, 1.807) is 0 Å². The van der Waals surface area contributed by atoms with E-state index in [0.717, 1.165) is 19.1 Å². The van der Waals surface area contributed by atoms with Gasteiger partial charge >= 0.3 is 18.2 Å². The first-order chi connectivity index (χ1) is 11.0. The molecule has 7 nitrogen and oxygen atoms in total. The predicted molar refractivity (Wildman–Crippen MR) is 73.0 cm³/mol. The molecule has 0 aromatic heterocycles. The molecule has 2 rings (SSSR count). The molecule has 1 fully saturated rings. The molecule has 24 heavy (non-hydrogen) atoms. The Bertz CT molecular complexity index is 689. The number of Topliss-reactive ketones (excluding diaryl/α,β-unsaturated/α-hetero) is 1. The lowest BCUT2D eigenvalue weighted by molar-refractivity contribution is -0.290. The number of hydrogen-bond acceptors (Lipinski definition) is 4. The third-order valence-electron chi connectivity index (χ3n) is 3.76. The van der Waals surface area contributed by atoms with Gasteiger partial charge in [0.05, 0.1) is 17.5 Å². The van der Waals surface area contributed by atoms with E-state index in [4.69, 9.17) is 5.11 Å². The lowest BCUT2D eigenvalue weighted by Crippen LogP contribution is -2.72. The molecular formula is C14H13F3N2O5. The van der Waals surface area contributed by atoms with Crippen molar-refractivity contribution in [3.63, 3.8) is 0 Å². The van der Waals surface area contributed by atoms with Crippen molar-refractivity contribution in [2.75, 3.05) is 0 Å². The zero-order valence-electron chi connectivity index (χ0n) is 12.2. The smallest absolute Gasteiger partial charge is 0.437 e. The summed E-state index contributed by atoms with van der Waals surface area (Å²) in [4.78, 5) is 34.2. The Kier molecular flexibility index (Phi) is 4.27. The Morgan fingerprint density at radius 2 is 1.75 bits per heavy atom. The normalized spacial score (nSPS) is 27.1. The lowest BCUT2D eigenvalue weighted by Gasteiger charge is -2.44. The van der Waals surface area contributed by atoms with Gasteiger partial charge in [-0.2, -0.15) is 13.2 Å². The van der Waals surface area contributed by atoms with Gasteiger partial charge in [-0.3, -0.25) is 4.79 Å². The second-order valence-electron chi connectivity index (χ2n) is 5.36. The molecule has 1 aromatic carbocycles. The van der Waals surface area contributed by atoms with Crippen molar-refractivity contribution in [2.24, 2.45) is 5.92 Å². The van der Waals surface area contributed by atoms with Crippen molar-refractivity contribution >= 4 is 17.8 Å². The van der Waals surface area contributed by atoms with Crippen LogP contribution in [-0.4, -0.2) is 39.9 Å². The van der Waals surface area contributed by atoms with Gasteiger partial charge in [-0.1, -0.05) is 12.1 Å². The number of nitrogens with one attached hydrogen (secondary N) is 2. The van der Waals surface area contributed by atoms with Gasteiger partial charge < -0.3 is 20.8 Å². The van der Waals surface area contributed by atoms with Gasteiger partial charge in [0.1, 0.15) is 5.78 Å². The number of amides is 2. The van der Waals surface area contributed by atoms with Crippen LogP contribution in [0.4, 0.5) is 18.0 Å². The fraction of sp³-hybridized carbons (Fsp3) is 0.357. The average molecular weight is 346 g/mol. The quantitative estimate of drug-likeness (QED) is 0.656. The highest BCUT2D eigenvalue weighted by atomic mass is 19.4. The topological polar surface area (TPSA) is 116 Å². The molecule has 4 N–H and O–H groups in total. The fourth-order valence-electron chi connectivity index (χ4n) is 2.64. The third kappa shape index (κ3) is 2.92. The van der Waals surface area contributed by atoms with Crippen molar-refractivity contribution in [3.8, 4) is 0 Å². The molecule has 130 valence electrons. The van der Waals surface area contributed by atoms with Crippen LogP contribution in [0.25, 0.3) is 0 Å². The summed E-state index contributed by atoms with van der Waals surface area (Å²) in [6.07, 6.45) is -5.29. The SMILES string of the molecule is CC(=O)[C@H]1[C@@H](c2ccc(C(=O)O)cc2)NC(=O)N[C@]1(O)C(F)(F)F. The van der Waals surface area contributed by atoms with Crippen LogP contribution in [0.5, 0.6) is 0 Å². The van der Waals surface area contributed by atoms with Crippen LogP contribution >= 0.6 is 0 Å². The maximum absolute atomic E-state index is 13.2. The maximum atomic E-state index is 13.2. The van der Waals surface area contributed by atoms with E-state index in [1.165, 1.54) is 17.4 Å². The second-order valence-corrected chi connectivity index (χ2v) is 5.36. The molecule has 0 spiro atoms. The van der Waals surface area contributed by atoms with Gasteiger partial charge in [0.25, 0.3) is 0 Å². The zero-order valence-corrected chi connectivity index (χ0v) is 12.2. The first kappa shape index (κ1) is 17.7. The molecule has 1 saturated heterocycles. The summed E-state index contributed by atoms with van der Waals surface area (Å²) in [6, 6.07) is 1.80. The molecule has 1 aromatic rings. The molecule has 0 bridgehead atoms. The van der Waals surface area contributed by atoms with Gasteiger partial charge in [-0.25, -0.2) is 9.59 Å². The number of carboxylic acid groups (broad SMARTS) is 1. The number of alkyl halides is 3. The summed E-state index contributed by atoms with van der Waals surface area (Å²) in [5.74, 6) is -4.30. The van der Waals surface area contributed by atoms with E-state index in [2.05, 4.69) is 5.32 Å². The molecule has 1 aliphatic rings. The maximum Gasteiger partial charge on any atom is 0.437 e. The van der Waals surface area contributed by atoms with Crippen LogP contribution in [0.1, 0.15) is 28.9 Å². The molecule has 0 radical (unpaired) electrons. The summed E-state index contributed by atoms with van der Waals surface area (Å²) in [5, 5.41) is 22.3. The largest absolute Gasteiger partial charge is 0.478 e. The van der Waals surface area contributed by atoms with Gasteiger partial charge in [-0.15, -0.1) is 0 Å². The number of aromatic carboxylic acids is 1. The number of hydrogen-bond donors (Lipinski definition) is 4. The average Bonchev–Trinajstić information content (AvgIpc) is 2.44. The molecule has 1 heterocycles. The molecule has 10 heteroatoms. The number of carbonyl (C=O) groups excluding carboxylic acids is 2. The van der Waals surface area contributed by atoms with Crippen LogP contribution in [0.2, 0.25) is 0 Å². The van der Waals surface area contributed by atoms with E-state index in [-0.39, 0.29) is 11.1 Å². The Morgan fingerprint density at radius 1 is 1.21 bits per heavy atom. The molecule has 0 aliphatic carbocycles. The number of carboxylic acids is 1. The fourth-order valence-corrected chi connectivity index (χ4v) is 2.64. The second kappa shape index (κ2) is 5.78. The van der Waals surface area contributed by atoms with E-state index in [1.807, 2.05) is 0 Å². The van der Waals surface area contributed by atoms with E-state index in [0.29, 0.717) is 0 Å². The van der Waals surface area contributed by atoms with Gasteiger partial charge in [0.15, 0.2) is 0 Å². The highest BCUT2D eigenvalue weighted by Gasteiger charge is 2.65. The number of halogens is 3. The Labute approximate surface area is 133 Å². The minimum atomic E-state index is -5.29. The lowest BCUT2D eigenvalue weighted by atomic mass is 9.79. The van der Waals surface area contributed by atoms with Gasteiger partial charge in [0, 0.05) is 0 Å². The zero-order chi connectivity index (χ0) is 18.3. The van der Waals surface area contributed by atoms with Gasteiger partial charge in [-0.05, 0) is 24.6 Å². The predicted octanol–water partition coefficient (Wildman–Crippen LogP) is 1.19. The summed E-state index contributed by atoms with van der Waals surface area (Å²) in [7, 11) is 0. The van der Waals surface area contributed by atoms with Crippen molar-refractivity contribution in [3.05, 3.63) is 35.4 Å². The van der Waals surface area contributed by atoms with E-state index in [9.17, 15) is 32.7 Å². The van der Waals surface area contributed by atoms with E-state index >= 15 is 0 Å². The van der Waals surface area contributed by atoms with Crippen molar-refractivity contribution < 1.29 is 37.8 Å². The minimum Gasteiger partial charge on any atom is -0.478 e. The van der Waals surface area contributed by atoms with Crippen molar-refractivity contribution in [1.29, 1.82) is 0 Å². The van der Waals surface area contributed by atoms with Gasteiger partial charge in [0.2, 0.25) is 5.72 Å². The van der Waals surface area contributed by atoms with Crippen molar-refractivity contribution in [1.82, 2.24) is 10.6 Å². The van der Waals surface area contributed by atoms with Crippen molar-refractivity contribution in [2.45, 2.75) is 24.9 Å². The van der Waals surface area contributed by atoms with Crippen LogP contribution in [-0.2, 0) is 4.79 Å². The number of benzene rings is 1. The third-order valence-corrected chi connectivity index (χ3v) is 3.76. The summed E-state index contributed by atoms with van der Waals surface area (Å²) < 4.78 is 39.7. The number of aliphatic hydroxyl groups is 1. The van der Waals surface area contributed by atoms with Crippen LogP contribution in [0.3, 0.4) is 0 Å². The number of ketones is 1. The van der Waals surface area contributed by atoms with Crippen LogP contribution in [0, 0.1) is 5.92 Å². The Hall–Kier alpha value is -2.62. The molecule has 1 aliphatic heterocycles. The number of carbonyl (C=O) groups is 3. The first-order valence-electron chi connectivity index (χ1n) is 6.69. The first-order valence-corrected chi connectivity index (χ1v) is 6.69. The Morgan fingerprint density at radius 3 is 2.17 bits per heavy atom. The minimum absolute atomic E-state index is 0.0534. The number of rotatable bonds is 3. The molecule has 2 amide bonds.